The number of aromatic hydroxyl groups is 1. The zero-order valence-electron chi connectivity index (χ0n) is 61.3. The van der Waals surface area contributed by atoms with E-state index in [0.717, 1.165) is 16.5 Å². The lowest BCUT2D eigenvalue weighted by Crippen LogP contribution is -2.90. The predicted octanol–water partition coefficient (Wildman–Crippen LogP) is -7.90. The van der Waals surface area contributed by atoms with Gasteiger partial charge < -0.3 is 122 Å². The van der Waals surface area contributed by atoms with E-state index in [4.69, 9.17) is 28.3 Å². The van der Waals surface area contributed by atoms with Crippen molar-refractivity contribution in [2.75, 3.05) is 37.7 Å². The molecule has 3 aliphatic heterocycles. The number of carboxylic acid groups (broad SMARTS) is 2. The van der Waals surface area contributed by atoms with Crippen LogP contribution < -0.4 is 92.1 Å². The van der Waals surface area contributed by atoms with Crippen LogP contribution in [0.1, 0.15) is 94.4 Å². The highest BCUT2D eigenvalue weighted by molar-refractivity contribution is 7.80. The Morgan fingerprint density at radius 1 is 0.726 bits per heavy atom. The van der Waals surface area contributed by atoms with Gasteiger partial charge in [0, 0.05) is 73.7 Å². The summed E-state index contributed by atoms with van der Waals surface area (Å²) in [6, 6.07) is -6.55. The molecule has 2 saturated heterocycles. The van der Waals surface area contributed by atoms with Crippen LogP contribution in [0.4, 0.5) is 4.79 Å². The first-order valence-electron chi connectivity index (χ1n) is 36.0. The SMILES string of the molecule is C[C@@H](O)[C@@H]1NC(=O)[C@@H](NC(=O)C(CS)NC(=O)CN)Cn2cc(nn2)CCC[C@]2(NC(=O)[C@H](CCC(N)=O)NC(=O)[C@H](Cc3c[nH]c4ccccc34)NC(=O)[C@H](CCCNC(N)=O)NC(=O)C(CS)NC(=O)[C@H](CCCNC(=N)N)NC(=O)C3CCCN3C(=O)[C@H](CC(=O)O)NC1=O)C(=O)N[C@@]2(Cc1ccc(O)cc1)C(=O)O. The Morgan fingerprint density at radius 3 is 1.94 bits per heavy atom. The Kier molecular flexibility index (Phi) is 32.0. The van der Waals surface area contributed by atoms with Gasteiger partial charge in [-0.2, -0.15) is 25.3 Å². The van der Waals surface area contributed by atoms with Crippen LogP contribution in [-0.2, 0) is 97.7 Å². The molecular formula is C68H95N23O20S2. The fraction of sp³-hybridized carbons (Fsp3) is 0.515. The van der Waals surface area contributed by atoms with E-state index in [1.54, 1.807) is 24.3 Å². The number of nitrogens with one attached hydrogen (secondary N) is 15. The van der Waals surface area contributed by atoms with E-state index in [0.29, 0.717) is 16.5 Å². The molecule has 113 heavy (non-hydrogen) atoms. The van der Waals surface area contributed by atoms with Crippen molar-refractivity contribution < 1.29 is 97.1 Å². The lowest BCUT2D eigenvalue weighted by molar-refractivity contribution is -0.171. The molecule has 2 aromatic carbocycles. The molecule has 5 heterocycles. The second-order valence-electron chi connectivity index (χ2n) is 27.3. The standard InChI is InChI=1S/C68H95N23O20S2/c1-33(92)52-61(106)82-44(25-51(96)97)62(107)91-23-7-13-48(91)60(105)80-41(11-5-21-74-65(71)72)54(99)84-47(32-113)58(103)78-40(12-6-22-75-66(73)111)53(98)81-43(24-35-28-76-39-10-3-2-9-38(35)39)55(100)79-42(18-19-49(70)94)59(104)86-67(63(108)87-68(67,64(109)110)26-34-14-16-37(93)17-15-34)20-4-8-36-29-90(89-88-36)30-45(56(101)85-52)83-57(102)46(31-112)77-50(95)27-69/h2-3,9-10,14-17,28-29,33,40-48,52,76,92-93,112-113H,4-8,11-13,18-27,30-32,69H2,1H3,(H2,70,94)(H,77,95)(H,78,103)(H,79,100)(H,80,105)(H,81,98)(H,82,106)(H,83,102)(H,84,99)(H,85,101)(H,86,104)(H,87,108)(H,96,97)(H,109,110)(H4,71,72,74)(H3,73,75,111)/t33-,40+,41+,42+,43+,44+,45+,46?,47?,48?,52+,67+,68+/m1/s1. The van der Waals surface area contributed by atoms with Gasteiger partial charge >= 0.3 is 18.0 Å². The van der Waals surface area contributed by atoms with Crippen molar-refractivity contribution in [3.05, 3.63) is 77.7 Å². The average molecular weight is 1620 g/mol. The minimum Gasteiger partial charge on any atom is -0.508 e. The van der Waals surface area contributed by atoms with Crippen LogP contribution >= 0.6 is 25.3 Å². The Hall–Kier alpha value is -11.9. The molecule has 3 aliphatic rings. The number of aliphatic hydroxyl groups excluding tert-OH is 1. The summed E-state index contributed by atoms with van der Waals surface area (Å²) in [4.78, 5) is 229. The molecule has 43 nitrogen and oxygen atoms in total. The first-order chi connectivity index (χ1) is 53.6. The van der Waals surface area contributed by atoms with E-state index < -0.39 is 236 Å². The number of thiol groups is 2. The summed E-state index contributed by atoms with van der Waals surface area (Å²) in [5, 5.41) is 91.4. The first-order valence-corrected chi connectivity index (χ1v) is 37.2. The van der Waals surface area contributed by atoms with Gasteiger partial charge in [-0.05, 0) is 100 Å². The van der Waals surface area contributed by atoms with Crippen LogP contribution in [0.2, 0.25) is 0 Å². The Morgan fingerprint density at radius 2 is 1.34 bits per heavy atom. The number of aromatic nitrogens is 4. The molecule has 15 amide bonds. The number of amides is 15. The zero-order chi connectivity index (χ0) is 83.0. The smallest absolute Gasteiger partial charge is 0.332 e. The third kappa shape index (κ3) is 23.8. The number of guanidine groups is 1. The Labute approximate surface area is 655 Å². The highest BCUT2D eigenvalue weighted by atomic mass is 32.1. The fourth-order valence-corrected chi connectivity index (χ4v) is 13.7. The van der Waals surface area contributed by atoms with Gasteiger partial charge in [-0.1, -0.05) is 35.5 Å². The molecule has 2 bridgehead atoms. The summed E-state index contributed by atoms with van der Waals surface area (Å²) >= 11 is 8.49. The molecule has 2 aromatic heterocycles. The number of phenols is 1. The molecule has 1 spiro atoms. The Bertz CT molecular complexity index is 4200. The fourth-order valence-electron chi connectivity index (χ4n) is 13.2. The van der Waals surface area contributed by atoms with Gasteiger partial charge in [0.1, 0.15) is 66.2 Å². The largest absolute Gasteiger partial charge is 0.508 e. The molecular weight excluding hydrogens is 1520 g/mol. The molecule has 2 fully saturated rings. The number of para-hydroxylation sites is 1. The summed E-state index contributed by atoms with van der Waals surface area (Å²) in [5.41, 5.74) is 18.3. The number of carbonyl (C=O) groups is 16. The number of primary amides is 2. The number of rotatable bonds is 25. The molecule has 13 atom stereocenters. The monoisotopic (exact) mass is 1620 g/mol. The van der Waals surface area contributed by atoms with Crippen LogP contribution in [-0.4, -0.2) is 261 Å². The van der Waals surface area contributed by atoms with Crippen LogP contribution in [0.25, 0.3) is 10.9 Å². The molecule has 0 saturated carbocycles. The quantitative estimate of drug-likeness (QED) is 0.00963. The van der Waals surface area contributed by atoms with E-state index in [1.165, 1.54) is 36.7 Å². The highest BCUT2D eigenvalue weighted by Gasteiger charge is 2.71. The lowest BCUT2D eigenvalue weighted by atomic mass is 9.62. The lowest BCUT2D eigenvalue weighted by Gasteiger charge is -2.56. The molecule has 3 unspecified atom stereocenters. The number of hydrogen-bond acceptors (Lipinski definition) is 24. The molecule has 4 aromatic rings. The number of carbonyl (C=O) groups excluding carboxylic acids is 14. The minimum absolute atomic E-state index is 0.00867. The van der Waals surface area contributed by atoms with Crippen molar-refractivity contribution in [1.82, 2.24) is 94.0 Å². The number of fused-ring (bicyclic) bond motifs is 4. The maximum absolute atomic E-state index is 15.3. The van der Waals surface area contributed by atoms with Crippen molar-refractivity contribution in [3.63, 3.8) is 0 Å². The molecule has 0 aliphatic carbocycles. The van der Waals surface area contributed by atoms with E-state index in [9.17, 15) is 82.8 Å². The van der Waals surface area contributed by atoms with E-state index in [2.05, 4.69) is 110 Å². The average Bonchev–Trinajstić information content (AvgIpc) is 1.63. The van der Waals surface area contributed by atoms with Crippen LogP contribution in [0, 0.1) is 5.41 Å². The van der Waals surface area contributed by atoms with Crippen molar-refractivity contribution in [2.24, 2.45) is 22.9 Å². The second-order valence-corrected chi connectivity index (χ2v) is 28.0. The molecule has 27 N–H and O–H groups in total. The number of nitrogens with zero attached hydrogens (tertiary/aromatic N) is 4. The van der Waals surface area contributed by atoms with Crippen LogP contribution in [0.3, 0.4) is 0 Å². The number of aliphatic carboxylic acids is 2. The van der Waals surface area contributed by atoms with Gasteiger partial charge in [0.2, 0.25) is 76.8 Å². The van der Waals surface area contributed by atoms with E-state index >= 15 is 14.4 Å². The van der Waals surface area contributed by atoms with Crippen molar-refractivity contribution >= 4 is 137 Å². The molecule has 614 valence electrons. The molecule has 0 radical (unpaired) electrons. The number of β-lactam (4-membered cyclic amide) rings is 1. The number of hydrogen-bond donors (Lipinski definition) is 25. The molecule has 45 heteroatoms. The number of aryl methyl sites for hydroxylation is 1. The van der Waals surface area contributed by atoms with Crippen molar-refractivity contribution in [2.45, 2.75) is 181 Å². The maximum Gasteiger partial charge on any atom is 0.332 e. The number of aromatic amines is 1. The zero-order valence-corrected chi connectivity index (χ0v) is 63.1. The minimum atomic E-state index is -2.50. The number of phenolic OH excluding ortho intramolecular Hbond substituents is 1. The van der Waals surface area contributed by atoms with E-state index in [-0.39, 0.29) is 93.8 Å². The van der Waals surface area contributed by atoms with Gasteiger partial charge in [-0.15, -0.1) is 5.10 Å². The second kappa shape index (κ2) is 40.9. The number of benzene rings is 2. The number of nitrogens with two attached hydrogens (primary N) is 4. The van der Waals surface area contributed by atoms with E-state index in [1.807, 2.05) is 0 Å². The highest BCUT2D eigenvalue weighted by Crippen LogP contribution is 2.40. The molecule has 7 rings (SSSR count). The summed E-state index contributed by atoms with van der Waals surface area (Å²) in [7, 11) is 0. The van der Waals surface area contributed by atoms with Crippen molar-refractivity contribution in [1.29, 1.82) is 5.41 Å². The maximum atomic E-state index is 15.3. The van der Waals surface area contributed by atoms with Gasteiger partial charge in [-0.3, -0.25) is 72.5 Å². The number of aliphatic hydroxyl groups is 1. The summed E-state index contributed by atoms with van der Waals surface area (Å²) in [6.07, 6.45) is -4.28. The van der Waals surface area contributed by atoms with Gasteiger partial charge in [0.25, 0.3) is 0 Å². The van der Waals surface area contributed by atoms with Crippen LogP contribution in [0.5, 0.6) is 5.75 Å². The van der Waals surface area contributed by atoms with Gasteiger partial charge in [-0.25, -0.2) is 14.3 Å². The number of carboxylic acids is 2. The van der Waals surface area contributed by atoms with Gasteiger partial charge in [0.15, 0.2) is 17.0 Å². The topological polar surface area (TPSA) is 688 Å². The third-order valence-electron chi connectivity index (χ3n) is 19.1. The number of H-pyrrole nitrogens is 1. The predicted molar refractivity (Wildman–Crippen MR) is 403 cm³/mol. The number of urea groups is 1. The summed E-state index contributed by atoms with van der Waals surface area (Å²) < 4.78 is 1.02. The third-order valence-corrected chi connectivity index (χ3v) is 19.8. The van der Waals surface area contributed by atoms with Crippen molar-refractivity contribution in [3.8, 4) is 5.75 Å². The van der Waals surface area contributed by atoms with Gasteiger partial charge in [0.05, 0.1) is 31.3 Å². The first kappa shape index (κ1) is 88.3. The summed E-state index contributed by atoms with van der Waals surface area (Å²) in [5.74, 6) is -19.3. The Balaban J connectivity index is 1.35. The van der Waals surface area contributed by atoms with Crippen LogP contribution in [0.15, 0.2) is 60.9 Å². The normalized spacial score (nSPS) is 24.7. The summed E-state index contributed by atoms with van der Waals surface area (Å²) in [6.45, 7) is -0.706.